The highest BCUT2D eigenvalue weighted by molar-refractivity contribution is 5.79. The molecular weight excluding hydrogens is 396 g/mol. The molecule has 32 heavy (non-hydrogen) atoms. The maximum Gasteiger partial charge on any atom is 0.225 e. The van der Waals surface area contributed by atoms with E-state index in [1.54, 1.807) is 0 Å². The number of rotatable bonds is 6. The number of nitrogens with zero attached hydrogens (tertiary/aromatic N) is 3. The molecule has 1 aliphatic heterocycles. The maximum absolute atomic E-state index is 12.8. The van der Waals surface area contributed by atoms with Gasteiger partial charge in [-0.15, -0.1) is 10.2 Å². The van der Waals surface area contributed by atoms with Crippen molar-refractivity contribution in [2.24, 2.45) is 5.92 Å². The second kappa shape index (κ2) is 9.94. The lowest BCUT2D eigenvalue weighted by Gasteiger charge is -2.32. The molecule has 0 spiro atoms. The van der Waals surface area contributed by atoms with Crippen molar-refractivity contribution < 1.29 is 4.79 Å². The lowest BCUT2D eigenvalue weighted by molar-refractivity contribution is -0.125. The monoisotopic (exact) mass is 428 g/mol. The van der Waals surface area contributed by atoms with Gasteiger partial charge in [0.25, 0.3) is 0 Å². The van der Waals surface area contributed by atoms with Gasteiger partial charge in [0.15, 0.2) is 5.82 Å². The van der Waals surface area contributed by atoms with Gasteiger partial charge < -0.3 is 10.2 Å². The van der Waals surface area contributed by atoms with Crippen LogP contribution in [-0.2, 0) is 11.3 Å². The average Bonchev–Trinajstić information content (AvgIpc) is 2.83. The van der Waals surface area contributed by atoms with E-state index >= 15 is 0 Å². The third kappa shape index (κ3) is 5.34. The number of hydrogen-bond acceptors (Lipinski definition) is 4. The minimum atomic E-state index is -0.0306. The molecular formula is C27H32N4O. The highest BCUT2D eigenvalue weighted by Gasteiger charge is 2.26. The molecule has 1 aliphatic rings. The summed E-state index contributed by atoms with van der Waals surface area (Å²) in [6.45, 7) is 8.59. The van der Waals surface area contributed by atoms with Crippen molar-refractivity contribution in [1.29, 1.82) is 0 Å². The Kier molecular flexibility index (Phi) is 6.84. The zero-order valence-corrected chi connectivity index (χ0v) is 19.2. The molecule has 2 heterocycles. The molecule has 0 bridgehead atoms. The Hall–Kier alpha value is -3.21. The van der Waals surface area contributed by atoms with Crippen LogP contribution in [0.2, 0.25) is 0 Å². The Labute approximate surface area is 190 Å². The molecule has 1 aromatic heterocycles. The summed E-state index contributed by atoms with van der Waals surface area (Å²) >= 11 is 0. The van der Waals surface area contributed by atoms with E-state index in [-0.39, 0.29) is 11.8 Å². The first-order valence-corrected chi connectivity index (χ1v) is 11.5. The molecule has 1 fully saturated rings. The van der Waals surface area contributed by atoms with Crippen molar-refractivity contribution in [3.8, 4) is 11.3 Å². The summed E-state index contributed by atoms with van der Waals surface area (Å²) in [5.41, 5.74) is 5.59. The number of piperidine rings is 1. The van der Waals surface area contributed by atoms with Gasteiger partial charge in [-0.1, -0.05) is 61.9 Å². The zero-order chi connectivity index (χ0) is 22.5. The van der Waals surface area contributed by atoms with Crippen LogP contribution in [0, 0.1) is 12.8 Å². The van der Waals surface area contributed by atoms with Gasteiger partial charge in [-0.2, -0.15) is 0 Å². The molecule has 3 aromatic rings. The Balaban J connectivity index is 1.35. The fraction of sp³-hybridized carbons (Fsp3) is 0.370. The fourth-order valence-corrected chi connectivity index (χ4v) is 4.21. The predicted octanol–water partition coefficient (Wildman–Crippen LogP) is 5.11. The molecule has 166 valence electrons. The van der Waals surface area contributed by atoms with Crippen molar-refractivity contribution in [3.63, 3.8) is 0 Å². The molecule has 1 saturated heterocycles. The van der Waals surface area contributed by atoms with E-state index in [4.69, 9.17) is 0 Å². The van der Waals surface area contributed by atoms with Crippen molar-refractivity contribution in [3.05, 3.63) is 77.4 Å². The van der Waals surface area contributed by atoms with E-state index in [9.17, 15) is 4.79 Å². The van der Waals surface area contributed by atoms with Crippen LogP contribution < -0.4 is 10.2 Å². The summed E-state index contributed by atoms with van der Waals surface area (Å²) in [5.74, 6) is 1.44. The number of hydrogen-bond donors (Lipinski definition) is 1. The van der Waals surface area contributed by atoms with E-state index in [1.165, 1.54) is 11.1 Å². The molecule has 5 heteroatoms. The summed E-state index contributed by atoms with van der Waals surface area (Å²) < 4.78 is 0. The third-order valence-electron chi connectivity index (χ3n) is 6.19. The van der Waals surface area contributed by atoms with Crippen LogP contribution in [0.4, 0.5) is 5.82 Å². The number of amides is 1. The first-order valence-electron chi connectivity index (χ1n) is 11.5. The lowest BCUT2D eigenvalue weighted by Crippen LogP contribution is -2.43. The standard InChI is InChI=1S/C27H32N4O/c1-19(2)22-11-9-21(10-12-22)17-28-27(32)24-8-5-15-31(18-24)26-14-13-25(29-30-26)23-7-4-6-20(3)16-23/h4,6-7,9-14,16,19,24H,5,8,15,17-18H2,1-3H3,(H,28,32). The van der Waals surface area contributed by atoms with Gasteiger partial charge in [-0.25, -0.2) is 0 Å². The summed E-state index contributed by atoms with van der Waals surface area (Å²) in [5, 5.41) is 12.0. The molecule has 1 atom stereocenters. The quantitative estimate of drug-likeness (QED) is 0.593. The number of aromatic nitrogens is 2. The number of nitrogens with one attached hydrogen (secondary N) is 1. The number of aryl methyl sites for hydroxylation is 1. The molecule has 1 amide bonds. The first kappa shape index (κ1) is 22.0. The second-order valence-corrected chi connectivity index (χ2v) is 9.05. The van der Waals surface area contributed by atoms with Crippen molar-refractivity contribution in [1.82, 2.24) is 15.5 Å². The minimum Gasteiger partial charge on any atom is -0.354 e. The lowest BCUT2D eigenvalue weighted by atomic mass is 9.97. The van der Waals surface area contributed by atoms with Crippen LogP contribution in [0.1, 0.15) is 49.3 Å². The highest BCUT2D eigenvalue weighted by Crippen LogP contribution is 2.24. The summed E-state index contributed by atoms with van der Waals surface area (Å²) in [6.07, 6.45) is 1.88. The summed E-state index contributed by atoms with van der Waals surface area (Å²) in [6, 6.07) is 20.8. The molecule has 1 N–H and O–H groups in total. The highest BCUT2D eigenvalue weighted by atomic mass is 16.1. The van der Waals surface area contributed by atoms with Gasteiger partial charge in [-0.3, -0.25) is 4.79 Å². The van der Waals surface area contributed by atoms with E-state index in [0.29, 0.717) is 19.0 Å². The topological polar surface area (TPSA) is 58.1 Å². The molecule has 1 unspecified atom stereocenters. The Morgan fingerprint density at radius 2 is 1.91 bits per heavy atom. The fourth-order valence-electron chi connectivity index (χ4n) is 4.21. The van der Waals surface area contributed by atoms with Gasteiger partial charge in [-0.05, 0) is 55.0 Å². The van der Waals surface area contributed by atoms with Crippen LogP contribution in [0.5, 0.6) is 0 Å². The smallest absolute Gasteiger partial charge is 0.225 e. The SMILES string of the molecule is Cc1cccc(-c2ccc(N3CCCC(C(=O)NCc4ccc(C(C)C)cc4)C3)nn2)c1. The van der Waals surface area contributed by atoms with Crippen LogP contribution in [0.25, 0.3) is 11.3 Å². The molecule has 5 nitrogen and oxygen atoms in total. The van der Waals surface area contributed by atoms with Crippen molar-refractivity contribution in [2.75, 3.05) is 18.0 Å². The van der Waals surface area contributed by atoms with Gasteiger partial charge in [0.1, 0.15) is 0 Å². The van der Waals surface area contributed by atoms with Crippen molar-refractivity contribution >= 4 is 11.7 Å². The van der Waals surface area contributed by atoms with E-state index in [0.717, 1.165) is 42.0 Å². The van der Waals surface area contributed by atoms with Gasteiger partial charge >= 0.3 is 0 Å². The molecule has 2 aromatic carbocycles. The average molecular weight is 429 g/mol. The number of carbonyl (C=O) groups is 1. The predicted molar refractivity (Wildman–Crippen MR) is 130 cm³/mol. The van der Waals surface area contributed by atoms with E-state index < -0.39 is 0 Å². The van der Waals surface area contributed by atoms with Crippen LogP contribution in [-0.4, -0.2) is 29.2 Å². The number of anilines is 1. The zero-order valence-electron chi connectivity index (χ0n) is 19.2. The Bertz CT molecular complexity index is 1040. The second-order valence-electron chi connectivity index (χ2n) is 9.05. The minimum absolute atomic E-state index is 0.0306. The van der Waals surface area contributed by atoms with Crippen LogP contribution >= 0.6 is 0 Å². The third-order valence-corrected chi connectivity index (χ3v) is 6.19. The van der Waals surface area contributed by atoms with E-state index in [1.807, 2.05) is 24.3 Å². The van der Waals surface area contributed by atoms with Gasteiger partial charge in [0.2, 0.25) is 5.91 Å². The Morgan fingerprint density at radius 3 is 2.59 bits per heavy atom. The number of benzene rings is 2. The van der Waals surface area contributed by atoms with Gasteiger partial charge in [0.05, 0.1) is 11.6 Å². The number of carbonyl (C=O) groups excluding carboxylic acids is 1. The molecule has 0 saturated carbocycles. The largest absolute Gasteiger partial charge is 0.354 e. The van der Waals surface area contributed by atoms with Crippen LogP contribution in [0.15, 0.2) is 60.7 Å². The maximum atomic E-state index is 12.8. The Morgan fingerprint density at radius 1 is 1.09 bits per heavy atom. The van der Waals surface area contributed by atoms with Crippen molar-refractivity contribution in [2.45, 2.75) is 46.1 Å². The molecule has 0 radical (unpaired) electrons. The first-order chi connectivity index (χ1) is 15.5. The summed E-state index contributed by atoms with van der Waals surface area (Å²) in [4.78, 5) is 15.0. The molecule has 4 rings (SSSR count). The summed E-state index contributed by atoms with van der Waals surface area (Å²) in [7, 11) is 0. The van der Waals surface area contributed by atoms with E-state index in [2.05, 4.69) is 77.6 Å². The molecule has 0 aliphatic carbocycles. The van der Waals surface area contributed by atoms with Gasteiger partial charge in [0, 0.05) is 25.2 Å². The van der Waals surface area contributed by atoms with Crippen LogP contribution in [0.3, 0.4) is 0 Å². The normalized spacial score (nSPS) is 16.2.